The summed E-state index contributed by atoms with van der Waals surface area (Å²) in [6.45, 7) is 5.42. The maximum Gasteiger partial charge on any atom is 0.161 e. The normalized spacial score (nSPS) is 10.0. The van der Waals surface area contributed by atoms with Crippen LogP contribution in [0.25, 0.3) is 0 Å². The van der Waals surface area contributed by atoms with E-state index in [9.17, 15) is 4.79 Å². The Morgan fingerprint density at radius 2 is 1.92 bits per heavy atom. The zero-order valence-electron chi connectivity index (χ0n) is 7.44. The summed E-state index contributed by atoms with van der Waals surface area (Å²) in [4.78, 5) is 11.2. The first-order valence-electron chi connectivity index (χ1n) is 3.80. The van der Waals surface area contributed by atoms with Crippen LogP contribution in [-0.2, 0) is 0 Å². The van der Waals surface area contributed by atoms with Gasteiger partial charge in [0.05, 0.1) is 5.02 Å². The molecule has 0 aromatic heterocycles. The first-order chi connectivity index (χ1) is 5.54. The zero-order chi connectivity index (χ0) is 9.30. The maximum atomic E-state index is 11.2. The highest BCUT2D eigenvalue weighted by Crippen LogP contribution is 2.22. The van der Waals surface area contributed by atoms with Crippen LogP contribution in [0.4, 0.5) is 0 Å². The number of carbonyl (C=O) groups is 1. The van der Waals surface area contributed by atoms with E-state index in [1.54, 1.807) is 6.07 Å². The van der Waals surface area contributed by atoms with Gasteiger partial charge in [0.15, 0.2) is 5.78 Å². The number of aryl methyl sites for hydroxylation is 1. The van der Waals surface area contributed by atoms with Gasteiger partial charge in [-0.05, 0) is 38.0 Å². The molecule has 0 bridgehead atoms. The Kier molecular flexibility index (Phi) is 2.53. The molecule has 0 saturated carbocycles. The molecule has 0 radical (unpaired) electrons. The van der Waals surface area contributed by atoms with Gasteiger partial charge in [-0.2, -0.15) is 0 Å². The first kappa shape index (κ1) is 9.27. The van der Waals surface area contributed by atoms with E-state index in [0.29, 0.717) is 10.6 Å². The van der Waals surface area contributed by atoms with Crippen LogP contribution in [0.3, 0.4) is 0 Å². The van der Waals surface area contributed by atoms with Gasteiger partial charge in [-0.15, -0.1) is 0 Å². The van der Waals surface area contributed by atoms with E-state index in [1.165, 1.54) is 6.92 Å². The largest absolute Gasteiger partial charge is 0.294 e. The maximum absolute atomic E-state index is 11.2. The fourth-order valence-electron chi connectivity index (χ4n) is 1.21. The van der Waals surface area contributed by atoms with Gasteiger partial charge in [-0.25, -0.2) is 0 Å². The van der Waals surface area contributed by atoms with E-state index in [4.69, 9.17) is 11.6 Å². The van der Waals surface area contributed by atoms with Gasteiger partial charge < -0.3 is 0 Å². The second-order valence-corrected chi connectivity index (χ2v) is 3.33. The van der Waals surface area contributed by atoms with Crippen molar-refractivity contribution in [1.29, 1.82) is 0 Å². The smallest absolute Gasteiger partial charge is 0.161 e. The molecule has 0 aliphatic heterocycles. The number of Topliss-reactive ketones (excluding diaryl/α,β-unsaturated/α-hetero) is 1. The molecule has 0 aliphatic rings. The second kappa shape index (κ2) is 3.28. The summed E-state index contributed by atoms with van der Waals surface area (Å²) in [5.41, 5.74) is 2.73. The average Bonchev–Trinajstić information content (AvgIpc) is 1.97. The van der Waals surface area contributed by atoms with Crippen LogP contribution >= 0.6 is 11.6 Å². The first-order valence-corrected chi connectivity index (χ1v) is 4.18. The summed E-state index contributed by atoms with van der Waals surface area (Å²) in [6, 6.07) is 3.69. The Balaban J connectivity index is 3.43. The molecule has 0 fully saturated rings. The third kappa shape index (κ3) is 1.51. The molecule has 0 amide bonds. The van der Waals surface area contributed by atoms with Gasteiger partial charge in [-0.3, -0.25) is 4.79 Å². The zero-order valence-corrected chi connectivity index (χ0v) is 8.20. The molecular weight excluding hydrogens is 172 g/mol. The monoisotopic (exact) mass is 182 g/mol. The van der Waals surface area contributed by atoms with E-state index in [2.05, 4.69) is 0 Å². The quantitative estimate of drug-likeness (QED) is 0.610. The van der Waals surface area contributed by atoms with Crippen molar-refractivity contribution >= 4 is 17.4 Å². The highest BCUT2D eigenvalue weighted by molar-refractivity contribution is 6.34. The molecule has 64 valence electrons. The Hall–Kier alpha value is -0.820. The Morgan fingerprint density at radius 1 is 1.33 bits per heavy atom. The Labute approximate surface area is 77.4 Å². The van der Waals surface area contributed by atoms with Crippen LogP contribution in [0.2, 0.25) is 5.02 Å². The van der Waals surface area contributed by atoms with Crippen LogP contribution in [-0.4, -0.2) is 5.78 Å². The number of halogens is 1. The fourth-order valence-corrected chi connectivity index (χ4v) is 1.55. The lowest BCUT2D eigenvalue weighted by molar-refractivity contribution is 0.101. The standard InChI is InChI=1S/C10H11ClO/c1-6-4-5-9(11)10(7(6)2)8(3)12/h4-5H,1-3H3. The molecule has 0 aliphatic carbocycles. The topological polar surface area (TPSA) is 17.1 Å². The summed E-state index contributed by atoms with van der Waals surface area (Å²) in [5, 5.41) is 0.547. The minimum Gasteiger partial charge on any atom is -0.294 e. The Bertz CT molecular complexity index is 329. The van der Waals surface area contributed by atoms with Crippen LogP contribution in [0.15, 0.2) is 12.1 Å². The molecule has 1 aromatic carbocycles. The van der Waals surface area contributed by atoms with Crippen molar-refractivity contribution in [2.24, 2.45) is 0 Å². The molecular formula is C10H11ClO. The van der Waals surface area contributed by atoms with Crippen LogP contribution in [0.5, 0.6) is 0 Å². The third-order valence-corrected chi connectivity index (χ3v) is 2.35. The van der Waals surface area contributed by atoms with E-state index >= 15 is 0 Å². The summed E-state index contributed by atoms with van der Waals surface area (Å²) < 4.78 is 0. The summed E-state index contributed by atoms with van der Waals surface area (Å²) in [6.07, 6.45) is 0. The van der Waals surface area contributed by atoms with Crippen molar-refractivity contribution in [2.75, 3.05) is 0 Å². The lowest BCUT2D eigenvalue weighted by Gasteiger charge is -2.06. The van der Waals surface area contributed by atoms with Crippen molar-refractivity contribution in [3.8, 4) is 0 Å². The second-order valence-electron chi connectivity index (χ2n) is 2.92. The van der Waals surface area contributed by atoms with Crippen molar-refractivity contribution < 1.29 is 4.79 Å². The molecule has 1 nitrogen and oxygen atoms in total. The number of carbonyl (C=O) groups excluding carboxylic acids is 1. The number of rotatable bonds is 1. The molecule has 0 heterocycles. The summed E-state index contributed by atoms with van der Waals surface area (Å²) in [5.74, 6) is 0.0289. The molecule has 12 heavy (non-hydrogen) atoms. The number of benzene rings is 1. The van der Waals surface area contributed by atoms with E-state index in [-0.39, 0.29) is 5.78 Å². The number of hydrogen-bond donors (Lipinski definition) is 0. The molecule has 1 aromatic rings. The van der Waals surface area contributed by atoms with Gasteiger partial charge in [0.1, 0.15) is 0 Å². The molecule has 1 rings (SSSR count). The molecule has 0 N–H and O–H groups in total. The molecule has 0 atom stereocenters. The van der Waals surface area contributed by atoms with Crippen molar-refractivity contribution in [3.63, 3.8) is 0 Å². The SMILES string of the molecule is CC(=O)c1c(Cl)ccc(C)c1C. The summed E-state index contributed by atoms with van der Waals surface area (Å²) in [7, 11) is 0. The lowest BCUT2D eigenvalue weighted by atomic mass is 10.0. The predicted molar refractivity (Wildman–Crippen MR) is 50.9 cm³/mol. The minimum absolute atomic E-state index is 0.0289. The van der Waals surface area contributed by atoms with Crippen LogP contribution in [0.1, 0.15) is 28.4 Å². The predicted octanol–water partition coefficient (Wildman–Crippen LogP) is 3.16. The van der Waals surface area contributed by atoms with E-state index in [1.807, 2.05) is 19.9 Å². The molecule has 0 unspecified atom stereocenters. The highest BCUT2D eigenvalue weighted by Gasteiger charge is 2.09. The van der Waals surface area contributed by atoms with Gasteiger partial charge in [-0.1, -0.05) is 17.7 Å². The van der Waals surface area contributed by atoms with Gasteiger partial charge in [0, 0.05) is 5.56 Å². The molecule has 2 heteroatoms. The number of hydrogen-bond acceptors (Lipinski definition) is 1. The Morgan fingerprint density at radius 3 is 2.33 bits per heavy atom. The van der Waals surface area contributed by atoms with Crippen molar-refractivity contribution in [3.05, 3.63) is 33.8 Å². The number of ketones is 1. The van der Waals surface area contributed by atoms with Crippen molar-refractivity contribution in [2.45, 2.75) is 20.8 Å². The van der Waals surface area contributed by atoms with Gasteiger partial charge in [0.25, 0.3) is 0 Å². The van der Waals surface area contributed by atoms with E-state index in [0.717, 1.165) is 11.1 Å². The highest BCUT2D eigenvalue weighted by atomic mass is 35.5. The average molecular weight is 183 g/mol. The third-order valence-electron chi connectivity index (χ3n) is 2.04. The van der Waals surface area contributed by atoms with E-state index < -0.39 is 0 Å². The van der Waals surface area contributed by atoms with Crippen LogP contribution in [0, 0.1) is 13.8 Å². The lowest BCUT2D eigenvalue weighted by Crippen LogP contribution is -1.99. The molecule has 0 spiro atoms. The van der Waals surface area contributed by atoms with Crippen LogP contribution < -0.4 is 0 Å². The summed E-state index contributed by atoms with van der Waals surface area (Å²) >= 11 is 5.88. The van der Waals surface area contributed by atoms with Gasteiger partial charge in [0.2, 0.25) is 0 Å². The van der Waals surface area contributed by atoms with Crippen molar-refractivity contribution in [1.82, 2.24) is 0 Å². The molecule has 0 saturated heterocycles. The van der Waals surface area contributed by atoms with Gasteiger partial charge >= 0.3 is 0 Å². The fraction of sp³-hybridized carbons (Fsp3) is 0.300. The minimum atomic E-state index is 0.0289.